The molecule has 0 saturated carbocycles. The largest absolute Gasteiger partial charge is 0.352 e. The number of aromatic nitrogens is 2. The second kappa shape index (κ2) is 5.48. The Bertz CT molecular complexity index is 404. The summed E-state index contributed by atoms with van der Waals surface area (Å²) in [5.74, 6) is 0.441. The first kappa shape index (κ1) is 13.0. The molecule has 1 aromatic rings. The SMILES string of the molecule is CCCC1(c2nc(C(=O)NC)no2)CCNCC1. The molecule has 100 valence electrons. The van der Waals surface area contributed by atoms with Crippen molar-refractivity contribution in [1.82, 2.24) is 20.8 Å². The van der Waals surface area contributed by atoms with Gasteiger partial charge in [0.2, 0.25) is 5.89 Å². The molecule has 0 spiro atoms. The van der Waals surface area contributed by atoms with Crippen LogP contribution in [0.2, 0.25) is 0 Å². The smallest absolute Gasteiger partial charge is 0.292 e. The zero-order chi connectivity index (χ0) is 13.0. The summed E-state index contributed by atoms with van der Waals surface area (Å²) >= 11 is 0. The first-order valence-electron chi connectivity index (χ1n) is 6.49. The molecule has 1 aromatic heterocycles. The van der Waals surface area contributed by atoms with E-state index in [-0.39, 0.29) is 17.1 Å². The fraction of sp³-hybridized carbons (Fsp3) is 0.750. The molecule has 18 heavy (non-hydrogen) atoms. The van der Waals surface area contributed by atoms with Crippen molar-refractivity contribution in [2.45, 2.75) is 38.0 Å². The molecule has 0 unspecified atom stereocenters. The third-order valence-corrected chi connectivity index (χ3v) is 3.60. The van der Waals surface area contributed by atoms with Crippen LogP contribution in [0.15, 0.2) is 4.52 Å². The maximum absolute atomic E-state index is 11.5. The average Bonchev–Trinajstić information content (AvgIpc) is 2.89. The van der Waals surface area contributed by atoms with Gasteiger partial charge in [0.25, 0.3) is 11.7 Å². The van der Waals surface area contributed by atoms with Crippen molar-refractivity contribution in [3.8, 4) is 0 Å². The van der Waals surface area contributed by atoms with Crippen LogP contribution in [0.3, 0.4) is 0 Å². The van der Waals surface area contributed by atoms with Crippen molar-refractivity contribution in [1.29, 1.82) is 0 Å². The normalized spacial score (nSPS) is 18.6. The Balaban J connectivity index is 2.25. The average molecular weight is 252 g/mol. The monoisotopic (exact) mass is 252 g/mol. The van der Waals surface area contributed by atoms with Crippen LogP contribution in [0.5, 0.6) is 0 Å². The van der Waals surface area contributed by atoms with Crippen molar-refractivity contribution in [3.05, 3.63) is 11.7 Å². The Labute approximate surface area is 107 Å². The molecule has 6 nitrogen and oxygen atoms in total. The molecule has 1 amide bonds. The number of piperidine rings is 1. The molecule has 1 saturated heterocycles. The number of carbonyl (C=O) groups is 1. The van der Waals surface area contributed by atoms with Gasteiger partial charge in [0.15, 0.2) is 0 Å². The van der Waals surface area contributed by atoms with Gasteiger partial charge in [-0.1, -0.05) is 18.5 Å². The standard InChI is InChI=1S/C12H20N4O2/c1-3-4-12(5-7-14-8-6-12)11-15-9(16-18-11)10(17)13-2/h14H,3-8H2,1-2H3,(H,13,17). The minimum atomic E-state index is -0.300. The van der Waals surface area contributed by atoms with Gasteiger partial charge in [-0.3, -0.25) is 4.79 Å². The van der Waals surface area contributed by atoms with Gasteiger partial charge in [-0.05, 0) is 32.4 Å². The van der Waals surface area contributed by atoms with Gasteiger partial charge in [0.05, 0.1) is 5.41 Å². The number of hydrogen-bond acceptors (Lipinski definition) is 5. The molecular weight excluding hydrogens is 232 g/mol. The van der Waals surface area contributed by atoms with Gasteiger partial charge >= 0.3 is 0 Å². The Hall–Kier alpha value is -1.43. The maximum atomic E-state index is 11.5. The lowest BCUT2D eigenvalue weighted by Gasteiger charge is -2.34. The van der Waals surface area contributed by atoms with Crippen LogP contribution in [0, 0.1) is 0 Å². The molecule has 1 fully saturated rings. The van der Waals surface area contributed by atoms with E-state index in [2.05, 4.69) is 27.7 Å². The Kier molecular flexibility index (Phi) is 3.96. The summed E-state index contributed by atoms with van der Waals surface area (Å²) in [5.41, 5.74) is -0.0563. The van der Waals surface area contributed by atoms with E-state index in [0.717, 1.165) is 38.8 Å². The molecule has 0 radical (unpaired) electrons. The van der Waals surface area contributed by atoms with Gasteiger partial charge in [-0.2, -0.15) is 4.98 Å². The molecule has 1 aliphatic heterocycles. The molecule has 6 heteroatoms. The summed E-state index contributed by atoms with van der Waals surface area (Å²) in [6.45, 7) is 4.06. The van der Waals surface area contributed by atoms with Crippen molar-refractivity contribution in [2.75, 3.05) is 20.1 Å². The van der Waals surface area contributed by atoms with Gasteiger partial charge < -0.3 is 15.2 Å². The second-order valence-electron chi connectivity index (χ2n) is 4.78. The van der Waals surface area contributed by atoms with Crippen LogP contribution in [0.1, 0.15) is 49.1 Å². The third-order valence-electron chi connectivity index (χ3n) is 3.60. The number of rotatable bonds is 4. The summed E-state index contributed by atoms with van der Waals surface area (Å²) in [6, 6.07) is 0. The van der Waals surface area contributed by atoms with Crippen LogP contribution in [0.25, 0.3) is 0 Å². The van der Waals surface area contributed by atoms with E-state index in [9.17, 15) is 4.79 Å². The third kappa shape index (κ3) is 2.38. The Morgan fingerprint density at radius 3 is 2.83 bits per heavy atom. The zero-order valence-electron chi connectivity index (χ0n) is 11.0. The minimum Gasteiger partial charge on any atom is -0.352 e. The minimum absolute atomic E-state index is 0.0563. The van der Waals surface area contributed by atoms with Gasteiger partial charge in [0.1, 0.15) is 0 Å². The van der Waals surface area contributed by atoms with E-state index in [1.807, 2.05) is 0 Å². The molecular formula is C12H20N4O2. The number of amides is 1. The summed E-state index contributed by atoms with van der Waals surface area (Å²) in [7, 11) is 1.56. The van der Waals surface area contributed by atoms with Crippen molar-refractivity contribution in [3.63, 3.8) is 0 Å². The topological polar surface area (TPSA) is 80.1 Å². The number of hydrogen-bond donors (Lipinski definition) is 2. The van der Waals surface area contributed by atoms with E-state index >= 15 is 0 Å². The first-order valence-corrected chi connectivity index (χ1v) is 6.49. The van der Waals surface area contributed by atoms with E-state index in [1.54, 1.807) is 7.05 Å². The molecule has 0 aromatic carbocycles. The summed E-state index contributed by atoms with van der Waals surface area (Å²) in [6.07, 6.45) is 4.05. The summed E-state index contributed by atoms with van der Waals surface area (Å²) in [5, 5.41) is 9.62. The fourth-order valence-corrected chi connectivity index (χ4v) is 2.60. The molecule has 2 heterocycles. The molecule has 2 rings (SSSR count). The maximum Gasteiger partial charge on any atom is 0.292 e. The van der Waals surface area contributed by atoms with Crippen LogP contribution in [0.4, 0.5) is 0 Å². The van der Waals surface area contributed by atoms with Crippen LogP contribution in [-0.2, 0) is 5.41 Å². The predicted octanol–water partition coefficient (Wildman–Crippen LogP) is 0.850. The molecule has 0 aliphatic carbocycles. The quantitative estimate of drug-likeness (QED) is 0.830. The van der Waals surface area contributed by atoms with Gasteiger partial charge in [-0.15, -0.1) is 0 Å². The molecule has 0 bridgehead atoms. The first-order chi connectivity index (χ1) is 8.72. The van der Waals surface area contributed by atoms with Crippen molar-refractivity contribution < 1.29 is 9.32 Å². The van der Waals surface area contributed by atoms with E-state index in [1.165, 1.54) is 0 Å². The van der Waals surface area contributed by atoms with Crippen molar-refractivity contribution in [2.24, 2.45) is 0 Å². The van der Waals surface area contributed by atoms with E-state index in [0.29, 0.717) is 5.89 Å². The lowest BCUT2D eigenvalue weighted by Crippen LogP contribution is -2.40. The number of nitrogens with zero attached hydrogens (tertiary/aromatic N) is 2. The highest BCUT2D eigenvalue weighted by atomic mass is 16.5. The van der Waals surface area contributed by atoms with Gasteiger partial charge in [0, 0.05) is 7.05 Å². The predicted molar refractivity (Wildman–Crippen MR) is 66.4 cm³/mol. The highest BCUT2D eigenvalue weighted by molar-refractivity contribution is 5.89. The molecule has 1 aliphatic rings. The molecule has 2 N–H and O–H groups in total. The number of carbonyl (C=O) groups excluding carboxylic acids is 1. The summed E-state index contributed by atoms with van der Waals surface area (Å²) in [4.78, 5) is 15.7. The summed E-state index contributed by atoms with van der Waals surface area (Å²) < 4.78 is 5.33. The Morgan fingerprint density at radius 2 is 2.22 bits per heavy atom. The van der Waals surface area contributed by atoms with Crippen LogP contribution in [-0.4, -0.2) is 36.2 Å². The van der Waals surface area contributed by atoms with Gasteiger partial charge in [-0.25, -0.2) is 0 Å². The van der Waals surface area contributed by atoms with Crippen molar-refractivity contribution >= 4 is 5.91 Å². The molecule has 0 atom stereocenters. The Morgan fingerprint density at radius 1 is 1.50 bits per heavy atom. The highest BCUT2D eigenvalue weighted by Crippen LogP contribution is 2.36. The second-order valence-corrected chi connectivity index (χ2v) is 4.78. The lowest BCUT2D eigenvalue weighted by atomic mass is 9.75. The zero-order valence-corrected chi connectivity index (χ0v) is 11.0. The van der Waals surface area contributed by atoms with Crippen LogP contribution >= 0.6 is 0 Å². The fourth-order valence-electron chi connectivity index (χ4n) is 2.60. The lowest BCUT2D eigenvalue weighted by molar-refractivity contribution is 0.0949. The van der Waals surface area contributed by atoms with E-state index in [4.69, 9.17) is 4.52 Å². The highest BCUT2D eigenvalue weighted by Gasteiger charge is 2.38. The van der Waals surface area contributed by atoms with E-state index < -0.39 is 0 Å². The number of nitrogens with one attached hydrogen (secondary N) is 2. The van der Waals surface area contributed by atoms with Crippen LogP contribution < -0.4 is 10.6 Å².